The molecule has 0 unspecified atom stereocenters. The Hall–Kier alpha value is -3.08. The van der Waals surface area contributed by atoms with Crippen molar-refractivity contribution in [3.05, 3.63) is 21.5 Å². The SMILES string of the molecule is CC(C)(C)Cn1c(=O)c(C(=O)NC2CC2)c(O)n2nc3c(c12)CN(C1CCOCC1)C(=O)N3. The van der Waals surface area contributed by atoms with Gasteiger partial charge in [0.25, 0.3) is 11.5 Å². The largest absolute Gasteiger partial charge is 0.492 e. The molecule has 3 N–H and O–H groups in total. The monoisotopic (exact) mass is 458 g/mol. The van der Waals surface area contributed by atoms with Gasteiger partial charge >= 0.3 is 6.03 Å². The highest BCUT2D eigenvalue weighted by Gasteiger charge is 2.36. The summed E-state index contributed by atoms with van der Waals surface area (Å²) in [6.45, 7) is 7.72. The quantitative estimate of drug-likeness (QED) is 0.639. The molecule has 33 heavy (non-hydrogen) atoms. The number of urea groups is 1. The van der Waals surface area contributed by atoms with E-state index in [2.05, 4.69) is 15.7 Å². The Bertz CT molecular complexity index is 1180. The van der Waals surface area contributed by atoms with Gasteiger partial charge in [-0.1, -0.05) is 20.8 Å². The lowest BCUT2D eigenvalue weighted by molar-refractivity contribution is 0.0454. The lowest BCUT2D eigenvalue weighted by Gasteiger charge is -2.36. The summed E-state index contributed by atoms with van der Waals surface area (Å²) in [6.07, 6.45) is 3.17. The van der Waals surface area contributed by atoms with Crippen LogP contribution in [-0.4, -0.2) is 61.4 Å². The summed E-state index contributed by atoms with van der Waals surface area (Å²) in [5.74, 6) is -0.828. The molecular weight excluding hydrogens is 428 g/mol. The number of hydrogen-bond donors (Lipinski definition) is 3. The van der Waals surface area contributed by atoms with Gasteiger partial charge in [-0.05, 0) is 31.1 Å². The van der Waals surface area contributed by atoms with Gasteiger partial charge in [-0.3, -0.25) is 19.5 Å². The van der Waals surface area contributed by atoms with E-state index < -0.39 is 17.3 Å². The van der Waals surface area contributed by atoms with Crippen LogP contribution in [0.5, 0.6) is 5.88 Å². The molecule has 2 aliphatic heterocycles. The van der Waals surface area contributed by atoms with Crippen LogP contribution in [0.4, 0.5) is 10.6 Å². The molecule has 11 nitrogen and oxygen atoms in total. The highest BCUT2D eigenvalue weighted by molar-refractivity contribution is 5.97. The van der Waals surface area contributed by atoms with Crippen molar-refractivity contribution in [3.63, 3.8) is 0 Å². The van der Waals surface area contributed by atoms with Crippen molar-refractivity contribution in [2.45, 2.75) is 71.6 Å². The molecule has 0 bridgehead atoms. The molecule has 2 fully saturated rings. The zero-order valence-electron chi connectivity index (χ0n) is 19.2. The number of nitrogens with zero attached hydrogens (tertiary/aromatic N) is 4. The maximum atomic E-state index is 13.5. The fourth-order valence-electron chi connectivity index (χ4n) is 4.56. The van der Waals surface area contributed by atoms with E-state index in [1.807, 2.05) is 20.8 Å². The van der Waals surface area contributed by atoms with Gasteiger partial charge in [-0.2, -0.15) is 4.52 Å². The molecule has 4 heterocycles. The van der Waals surface area contributed by atoms with E-state index in [1.54, 1.807) is 4.90 Å². The number of nitrogens with one attached hydrogen (secondary N) is 2. The molecule has 0 spiro atoms. The number of carbonyl (C=O) groups is 2. The van der Waals surface area contributed by atoms with Crippen LogP contribution in [-0.2, 0) is 17.8 Å². The van der Waals surface area contributed by atoms with Gasteiger partial charge in [-0.15, -0.1) is 5.10 Å². The minimum Gasteiger partial charge on any atom is -0.492 e. The number of fused-ring (bicyclic) bond motifs is 3. The number of ether oxygens (including phenoxy) is 1. The summed E-state index contributed by atoms with van der Waals surface area (Å²) in [6, 6.07) is -0.225. The Balaban J connectivity index is 1.66. The average Bonchev–Trinajstić information content (AvgIpc) is 3.48. The zero-order valence-corrected chi connectivity index (χ0v) is 19.2. The highest BCUT2D eigenvalue weighted by Crippen LogP contribution is 2.33. The number of rotatable bonds is 4. The van der Waals surface area contributed by atoms with E-state index in [0.29, 0.717) is 36.8 Å². The van der Waals surface area contributed by atoms with Gasteiger partial charge < -0.3 is 20.1 Å². The van der Waals surface area contributed by atoms with E-state index >= 15 is 0 Å². The Morgan fingerprint density at radius 1 is 1.21 bits per heavy atom. The first kappa shape index (κ1) is 21.7. The second-order valence-corrected chi connectivity index (χ2v) is 10.4. The molecule has 178 valence electrons. The summed E-state index contributed by atoms with van der Waals surface area (Å²) >= 11 is 0. The molecule has 3 aliphatic rings. The normalized spacial score (nSPS) is 19.5. The molecule has 3 amide bonds. The van der Waals surface area contributed by atoms with Gasteiger partial charge in [0.05, 0.1) is 12.1 Å². The van der Waals surface area contributed by atoms with Gasteiger partial charge in [0, 0.05) is 31.8 Å². The summed E-state index contributed by atoms with van der Waals surface area (Å²) in [5.41, 5.74) is -0.146. The Morgan fingerprint density at radius 2 is 1.91 bits per heavy atom. The Labute approximate surface area is 190 Å². The number of hydrogen-bond acceptors (Lipinski definition) is 6. The van der Waals surface area contributed by atoms with Gasteiger partial charge in [0.2, 0.25) is 5.88 Å². The Kier molecular flexibility index (Phi) is 5.11. The molecule has 5 rings (SSSR count). The molecule has 0 radical (unpaired) electrons. The Morgan fingerprint density at radius 3 is 2.55 bits per heavy atom. The lowest BCUT2D eigenvalue weighted by atomic mass is 9.96. The van der Waals surface area contributed by atoms with Crippen molar-refractivity contribution in [2.24, 2.45) is 5.41 Å². The molecule has 0 atom stereocenters. The molecule has 1 aliphatic carbocycles. The minimum absolute atomic E-state index is 0.0156. The topological polar surface area (TPSA) is 130 Å². The smallest absolute Gasteiger partial charge is 0.323 e. The van der Waals surface area contributed by atoms with E-state index in [1.165, 1.54) is 9.08 Å². The molecule has 2 aromatic heterocycles. The fraction of sp³-hybridized carbons (Fsp3) is 0.636. The van der Waals surface area contributed by atoms with Crippen LogP contribution in [0.1, 0.15) is 62.4 Å². The first-order valence-corrected chi connectivity index (χ1v) is 11.5. The van der Waals surface area contributed by atoms with Crippen molar-refractivity contribution in [1.82, 2.24) is 24.4 Å². The molecule has 0 aromatic carbocycles. The van der Waals surface area contributed by atoms with E-state index in [-0.39, 0.29) is 35.6 Å². The van der Waals surface area contributed by atoms with Crippen molar-refractivity contribution < 1.29 is 19.4 Å². The standard InChI is InChI=1S/C22H30N6O5/c1-22(2,3)11-27-18-14-10-26(13-6-8-33-9-7-13)21(32)24-16(14)25-28(18)20(31)15(19(27)30)17(29)23-12-4-5-12/h12-13,31H,4-11H2,1-3H3,(H,23,29)(H,24,25,32). The fourth-order valence-corrected chi connectivity index (χ4v) is 4.56. The van der Waals surface area contributed by atoms with Crippen LogP contribution in [0.2, 0.25) is 0 Å². The van der Waals surface area contributed by atoms with Gasteiger partial charge in [-0.25, -0.2) is 4.79 Å². The summed E-state index contributed by atoms with van der Waals surface area (Å²) in [4.78, 5) is 40.9. The van der Waals surface area contributed by atoms with Crippen LogP contribution in [0.25, 0.3) is 5.65 Å². The minimum atomic E-state index is -0.606. The van der Waals surface area contributed by atoms with Crippen LogP contribution >= 0.6 is 0 Å². The van der Waals surface area contributed by atoms with Crippen molar-refractivity contribution in [2.75, 3.05) is 18.5 Å². The number of carbonyl (C=O) groups excluding carboxylic acids is 2. The maximum Gasteiger partial charge on any atom is 0.323 e. The predicted molar refractivity (Wildman–Crippen MR) is 119 cm³/mol. The van der Waals surface area contributed by atoms with Gasteiger partial charge in [0.15, 0.2) is 11.4 Å². The third-order valence-electron chi connectivity index (χ3n) is 6.31. The average molecular weight is 459 g/mol. The van der Waals surface area contributed by atoms with E-state index in [4.69, 9.17) is 4.74 Å². The number of amides is 3. The molecular formula is C22H30N6O5. The molecule has 2 aromatic rings. The first-order valence-electron chi connectivity index (χ1n) is 11.5. The molecule has 1 saturated heterocycles. The van der Waals surface area contributed by atoms with Crippen LogP contribution < -0.4 is 16.2 Å². The van der Waals surface area contributed by atoms with E-state index in [0.717, 1.165) is 25.7 Å². The third kappa shape index (κ3) is 3.94. The number of aromatic nitrogens is 3. The second-order valence-electron chi connectivity index (χ2n) is 10.4. The third-order valence-corrected chi connectivity index (χ3v) is 6.31. The van der Waals surface area contributed by atoms with Gasteiger partial charge in [0.1, 0.15) is 5.65 Å². The van der Waals surface area contributed by atoms with Crippen LogP contribution in [0, 0.1) is 5.41 Å². The van der Waals surface area contributed by atoms with Crippen LogP contribution in [0.15, 0.2) is 4.79 Å². The summed E-state index contributed by atoms with van der Waals surface area (Å²) in [7, 11) is 0. The lowest BCUT2D eigenvalue weighted by Crippen LogP contribution is -2.47. The van der Waals surface area contributed by atoms with Crippen molar-refractivity contribution >= 4 is 23.4 Å². The van der Waals surface area contributed by atoms with Crippen molar-refractivity contribution in [3.8, 4) is 5.88 Å². The summed E-state index contributed by atoms with van der Waals surface area (Å²) < 4.78 is 8.15. The first-order chi connectivity index (χ1) is 15.6. The molecule has 1 saturated carbocycles. The summed E-state index contributed by atoms with van der Waals surface area (Å²) in [5, 5.41) is 21.0. The zero-order chi connectivity index (χ0) is 23.5. The maximum absolute atomic E-state index is 13.5. The second kappa shape index (κ2) is 7.75. The number of aromatic hydroxyl groups is 1. The number of anilines is 1. The molecule has 11 heteroatoms. The van der Waals surface area contributed by atoms with Crippen LogP contribution in [0.3, 0.4) is 0 Å². The highest BCUT2D eigenvalue weighted by atomic mass is 16.5. The van der Waals surface area contributed by atoms with E-state index in [9.17, 15) is 19.5 Å². The predicted octanol–water partition coefficient (Wildman–Crippen LogP) is 1.67. The van der Waals surface area contributed by atoms with Crippen molar-refractivity contribution in [1.29, 1.82) is 0 Å².